The molecule has 0 aliphatic heterocycles. The van der Waals surface area contributed by atoms with Crippen LogP contribution >= 0.6 is 0 Å². The van der Waals surface area contributed by atoms with Crippen LogP contribution in [0.3, 0.4) is 0 Å². The molecular weight excluding hydrogens is 474 g/mol. The first-order chi connectivity index (χ1) is 18.7. The van der Waals surface area contributed by atoms with Gasteiger partial charge in [0, 0.05) is 24.7 Å². The van der Waals surface area contributed by atoms with Gasteiger partial charge in [-0.3, -0.25) is 14.5 Å². The standard InChI is InChI=1S/C30H31N7O/c38-30(32-19-24-11-4-6-14-31-24)29-20-37(36-35-29)15-7-5-10-23-17-27-26(16-21-8-2-1-3-9-21)25(22-12-13-22)18-28(27)34-33-23/h1-4,6,8-9,11,14,17,20,22H,5,7,10,12-13,15-16,18-19H2,(H,32,38). The first-order valence-electron chi connectivity index (χ1n) is 13.4. The highest BCUT2D eigenvalue weighted by Crippen LogP contribution is 2.46. The van der Waals surface area contributed by atoms with E-state index in [1.165, 1.54) is 29.5 Å². The number of aromatic nitrogens is 6. The molecule has 192 valence electrons. The summed E-state index contributed by atoms with van der Waals surface area (Å²) in [5.74, 6) is 0.483. The number of allylic oxidation sites excluding steroid dienone is 2. The van der Waals surface area contributed by atoms with E-state index in [9.17, 15) is 4.79 Å². The number of unbranched alkanes of at least 4 members (excludes halogenated alkanes) is 1. The molecular formula is C30H31N7O. The highest BCUT2D eigenvalue weighted by Gasteiger charge is 2.34. The number of benzene rings is 1. The molecule has 0 saturated heterocycles. The van der Waals surface area contributed by atoms with Crippen molar-refractivity contribution in [3.8, 4) is 0 Å². The van der Waals surface area contributed by atoms with Gasteiger partial charge < -0.3 is 5.32 Å². The Morgan fingerprint density at radius 3 is 2.66 bits per heavy atom. The molecule has 1 amide bonds. The van der Waals surface area contributed by atoms with E-state index < -0.39 is 0 Å². The Morgan fingerprint density at radius 1 is 0.974 bits per heavy atom. The molecule has 2 aliphatic carbocycles. The van der Waals surface area contributed by atoms with E-state index in [1.54, 1.807) is 22.6 Å². The monoisotopic (exact) mass is 505 g/mol. The predicted octanol–water partition coefficient (Wildman–Crippen LogP) is 4.38. The number of carbonyl (C=O) groups is 1. The molecule has 8 nitrogen and oxygen atoms in total. The topological polar surface area (TPSA) is 98.5 Å². The summed E-state index contributed by atoms with van der Waals surface area (Å²) in [6.45, 7) is 1.06. The van der Waals surface area contributed by atoms with Gasteiger partial charge in [-0.1, -0.05) is 47.2 Å². The van der Waals surface area contributed by atoms with Crippen molar-refractivity contribution in [2.24, 2.45) is 5.92 Å². The molecule has 1 fully saturated rings. The molecule has 4 aromatic rings. The summed E-state index contributed by atoms with van der Waals surface area (Å²) in [7, 11) is 0. The Kier molecular flexibility index (Phi) is 7.02. The molecule has 38 heavy (non-hydrogen) atoms. The molecule has 1 N–H and O–H groups in total. The van der Waals surface area contributed by atoms with Gasteiger partial charge in [-0.25, -0.2) is 0 Å². The number of hydrogen-bond acceptors (Lipinski definition) is 6. The van der Waals surface area contributed by atoms with Crippen molar-refractivity contribution in [1.82, 2.24) is 35.5 Å². The van der Waals surface area contributed by atoms with Crippen LogP contribution in [-0.2, 0) is 32.4 Å². The highest BCUT2D eigenvalue weighted by molar-refractivity contribution is 5.91. The minimum atomic E-state index is -0.250. The van der Waals surface area contributed by atoms with E-state index in [-0.39, 0.29) is 5.91 Å². The number of aryl methyl sites for hydroxylation is 2. The van der Waals surface area contributed by atoms with E-state index >= 15 is 0 Å². The first kappa shape index (κ1) is 24.2. The SMILES string of the molecule is O=C(NCc1ccccn1)c1cn(CCCCc2cc3c(nn2)CC(C2CC2)=C3Cc2ccccc2)nn1. The van der Waals surface area contributed by atoms with E-state index in [0.717, 1.165) is 55.1 Å². The minimum Gasteiger partial charge on any atom is -0.345 e. The summed E-state index contributed by atoms with van der Waals surface area (Å²) < 4.78 is 1.73. The lowest BCUT2D eigenvalue weighted by Crippen LogP contribution is -2.23. The van der Waals surface area contributed by atoms with Gasteiger partial charge in [-0.2, -0.15) is 10.2 Å². The molecule has 0 atom stereocenters. The fourth-order valence-corrected chi connectivity index (χ4v) is 5.12. The van der Waals surface area contributed by atoms with Gasteiger partial charge in [0.1, 0.15) is 0 Å². The van der Waals surface area contributed by atoms with Crippen LogP contribution in [0.15, 0.2) is 72.6 Å². The average molecular weight is 506 g/mol. The Morgan fingerprint density at radius 2 is 1.84 bits per heavy atom. The third-order valence-corrected chi connectivity index (χ3v) is 7.28. The molecule has 0 radical (unpaired) electrons. The van der Waals surface area contributed by atoms with Crippen molar-refractivity contribution in [2.45, 2.75) is 58.0 Å². The van der Waals surface area contributed by atoms with E-state index in [0.29, 0.717) is 18.8 Å². The predicted molar refractivity (Wildman–Crippen MR) is 144 cm³/mol. The summed E-state index contributed by atoms with van der Waals surface area (Å²) in [4.78, 5) is 16.6. The maximum Gasteiger partial charge on any atom is 0.273 e. The van der Waals surface area contributed by atoms with Crippen LogP contribution < -0.4 is 5.32 Å². The van der Waals surface area contributed by atoms with Gasteiger partial charge >= 0.3 is 0 Å². The van der Waals surface area contributed by atoms with Crippen molar-refractivity contribution in [1.29, 1.82) is 0 Å². The van der Waals surface area contributed by atoms with Crippen LogP contribution in [0.1, 0.15) is 64.4 Å². The second-order valence-electron chi connectivity index (χ2n) is 10.1. The molecule has 6 rings (SSSR count). The number of carbonyl (C=O) groups excluding carboxylic acids is 1. The van der Waals surface area contributed by atoms with Crippen LogP contribution in [0.5, 0.6) is 0 Å². The second kappa shape index (κ2) is 11.0. The summed E-state index contributed by atoms with van der Waals surface area (Å²) in [5, 5.41) is 20.2. The molecule has 3 heterocycles. The average Bonchev–Trinajstić information content (AvgIpc) is 3.59. The Labute approximate surface area is 222 Å². The van der Waals surface area contributed by atoms with Crippen molar-refractivity contribution in [3.63, 3.8) is 0 Å². The van der Waals surface area contributed by atoms with Gasteiger partial charge in [0.05, 0.1) is 29.8 Å². The molecule has 8 heteroatoms. The maximum atomic E-state index is 12.4. The van der Waals surface area contributed by atoms with Crippen LogP contribution in [0, 0.1) is 5.92 Å². The van der Waals surface area contributed by atoms with E-state index in [4.69, 9.17) is 0 Å². The van der Waals surface area contributed by atoms with E-state index in [1.807, 2.05) is 18.2 Å². The van der Waals surface area contributed by atoms with Gasteiger partial charge in [0.2, 0.25) is 0 Å². The molecule has 2 aliphatic rings. The molecule has 1 aromatic carbocycles. The third-order valence-electron chi connectivity index (χ3n) is 7.28. The number of hydrogen-bond donors (Lipinski definition) is 1. The number of nitrogens with zero attached hydrogens (tertiary/aromatic N) is 6. The van der Waals surface area contributed by atoms with Crippen molar-refractivity contribution >= 4 is 11.5 Å². The first-order valence-corrected chi connectivity index (χ1v) is 13.4. The number of amides is 1. The molecule has 0 spiro atoms. The third kappa shape index (κ3) is 5.69. The lowest BCUT2D eigenvalue weighted by atomic mass is 9.96. The summed E-state index contributed by atoms with van der Waals surface area (Å²) >= 11 is 0. The fraction of sp³-hybridized carbons (Fsp3) is 0.333. The number of nitrogens with one attached hydrogen (secondary N) is 1. The lowest BCUT2D eigenvalue weighted by molar-refractivity contribution is 0.0945. The molecule has 3 aromatic heterocycles. The molecule has 0 bridgehead atoms. The Balaban J connectivity index is 1.03. The van der Waals surface area contributed by atoms with Crippen LogP contribution in [0.2, 0.25) is 0 Å². The van der Waals surface area contributed by atoms with Crippen LogP contribution in [-0.4, -0.2) is 36.1 Å². The zero-order valence-corrected chi connectivity index (χ0v) is 21.4. The summed E-state index contributed by atoms with van der Waals surface area (Å²) in [6, 6.07) is 18.6. The van der Waals surface area contributed by atoms with Gasteiger partial charge in [-0.05, 0) is 73.8 Å². The van der Waals surface area contributed by atoms with Gasteiger partial charge in [0.25, 0.3) is 5.91 Å². The largest absolute Gasteiger partial charge is 0.345 e. The number of fused-ring (bicyclic) bond motifs is 1. The quantitative estimate of drug-likeness (QED) is 0.304. The lowest BCUT2D eigenvalue weighted by Gasteiger charge is -2.09. The van der Waals surface area contributed by atoms with Gasteiger partial charge in [-0.15, -0.1) is 5.10 Å². The number of rotatable bonds is 11. The Hall–Kier alpha value is -4.20. The van der Waals surface area contributed by atoms with E-state index in [2.05, 4.69) is 67.2 Å². The van der Waals surface area contributed by atoms with Crippen molar-refractivity contribution in [3.05, 3.63) is 106 Å². The normalized spacial score (nSPS) is 14.5. The molecule has 1 saturated carbocycles. The summed E-state index contributed by atoms with van der Waals surface area (Å²) in [5.41, 5.74) is 9.01. The van der Waals surface area contributed by atoms with Crippen LogP contribution in [0.4, 0.5) is 0 Å². The smallest absolute Gasteiger partial charge is 0.273 e. The zero-order valence-electron chi connectivity index (χ0n) is 21.4. The fourth-order valence-electron chi connectivity index (χ4n) is 5.12. The van der Waals surface area contributed by atoms with Crippen molar-refractivity contribution in [2.75, 3.05) is 0 Å². The van der Waals surface area contributed by atoms with Crippen LogP contribution in [0.25, 0.3) is 5.57 Å². The number of pyridine rings is 1. The highest BCUT2D eigenvalue weighted by atomic mass is 16.2. The molecule has 0 unspecified atom stereocenters. The van der Waals surface area contributed by atoms with Crippen molar-refractivity contribution < 1.29 is 4.79 Å². The Bertz CT molecular complexity index is 1440. The maximum absolute atomic E-state index is 12.4. The second-order valence-corrected chi connectivity index (χ2v) is 10.1. The summed E-state index contributed by atoms with van der Waals surface area (Å²) in [6.07, 6.45) is 10.7. The van der Waals surface area contributed by atoms with Gasteiger partial charge in [0.15, 0.2) is 5.69 Å². The zero-order chi connectivity index (χ0) is 25.7. The minimum absolute atomic E-state index is 0.250.